The van der Waals surface area contributed by atoms with E-state index in [1.807, 2.05) is 46.9 Å². The third kappa shape index (κ3) is 8.88. The van der Waals surface area contributed by atoms with Crippen molar-refractivity contribution in [3.63, 3.8) is 0 Å². The normalized spacial score (nSPS) is 10.0. The van der Waals surface area contributed by atoms with E-state index in [1.54, 1.807) is 0 Å². The lowest BCUT2D eigenvalue weighted by Gasteiger charge is -2.19. The van der Waals surface area contributed by atoms with Gasteiger partial charge in [0.15, 0.2) is 0 Å². The predicted octanol–water partition coefficient (Wildman–Crippen LogP) is 3.97. The number of aromatic amines is 1. The molecule has 0 spiro atoms. The van der Waals surface area contributed by atoms with E-state index in [-0.39, 0.29) is 0 Å². The minimum atomic E-state index is -0.432. The first-order valence-electron chi connectivity index (χ1n) is 8.03. The van der Waals surface area contributed by atoms with Gasteiger partial charge >= 0.3 is 6.09 Å². The number of rotatable bonds is 2. The van der Waals surface area contributed by atoms with Crippen LogP contribution in [0.5, 0.6) is 0 Å². The second-order valence-corrected chi connectivity index (χ2v) is 5.73. The Labute approximate surface area is 139 Å². The van der Waals surface area contributed by atoms with Crippen LogP contribution in [0.15, 0.2) is 30.5 Å². The van der Waals surface area contributed by atoms with Crippen LogP contribution in [-0.4, -0.2) is 29.8 Å². The summed E-state index contributed by atoms with van der Waals surface area (Å²) in [5.74, 6) is 0. The highest BCUT2D eigenvalue weighted by Gasteiger charge is 2.14. The number of para-hydroxylation sites is 1. The van der Waals surface area contributed by atoms with Gasteiger partial charge in [-0.05, 0) is 39.3 Å². The van der Waals surface area contributed by atoms with Crippen LogP contribution in [0.1, 0.15) is 40.2 Å². The lowest BCUT2D eigenvalue weighted by Crippen LogP contribution is -2.35. The van der Waals surface area contributed by atoms with Gasteiger partial charge in [0.05, 0.1) is 0 Å². The number of amides is 1. The van der Waals surface area contributed by atoms with Crippen LogP contribution in [0.25, 0.3) is 10.9 Å². The Kier molecular flexibility index (Phi) is 9.74. The molecule has 1 aromatic heterocycles. The Morgan fingerprint density at radius 3 is 2.39 bits per heavy atom. The van der Waals surface area contributed by atoms with Crippen molar-refractivity contribution in [3.8, 4) is 0 Å². The van der Waals surface area contributed by atoms with Crippen molar-refractivity contribution in [3.05, 3.63) is 36.0 Å². The maximum atomic E-state index is 10.8. The van der Waals surface area contributed by atoms with Gasteiger partial charge in [0.25, 0.3) is 0 Å². The molecule has 1 amide bonds. The van der Waals surface area contributed by atoms with Crippen molar-refractivity contribution in [2.24, 2.45) is 5.73 Å². The Morgan fingerprint density at radius 1 is 1.26 bits per heavy atom. The van der Waals surface area contributed by atoms with Gasteiger partial charge in [-0.25, -0.2) is 4.79 Å². The van der Waals surface area contributed by atoms with Gasteiger partial charge in [0, 0.05) is 30.2 Å². The molecule has 2 aromatic rings. The second-order valence-electron chi connectivity index (χ2n) is 5.73. The number of nitrogens with two attached hydrogens (primary N) is 1. The molecule has 0 atom stereocenters. The number of hydrogen-bond acceptors (Lipinski definition) is 3. The van der Waals surface area contributed by atoms with E-state index >= 15 is 0 Å². The van der Waals surface area contributed by atoms with Crippen LogP contribution in [0, 0.1) is 6.92 Å². The highest BCUT2D eigenvalue weighted by Crippen LogP contribution is 2.15. The van der Waals surface area contributed by atoms with Gasteiger partial charge in [-0.15, -0.1) is 0 Å². The SMILES string of the molecule is CC.CC(C)(C)OC(=O)NCCN.Cc1c[nH]c2ccccc12. The van der Waals surface area contributed by atoms with Crippen LogP contribution >= 0.6 is 0 Å². The fourth-order valence-corrected chi connectivity index (χ4v) is 1.71. The third-order valence-electron chi connectivity index (χ3n) is 2.61. The van der Waals surface area contributed by atoms with Crippen molar-refractivity contribution < 1.29 is 9.53 Å². The molecular weight excluding hydrogens is 290 g/mol. The number of carbonyl (C=O) groups is 1. The summed E-state index contributed by atoms with van der Waals surface area (Å²) in [5, 5.41) is 3.82. The number of aryl methyl sites for hydroxylation is 1. The first kappa shape index (κ1) is 21.0. The fraction of sp³-hybridized carbons (Fsp3) is 0.500. The Hall–Kier alpha value is -2.01. The molecule has 4 N–H and O–H groups in total. The average Bonchev–Trinajstić information content (AvgIpc) is 2.88. The molecule has 2 rings (SSSR count). The van der Waals surface area contributed by atoms with E-state index in [0.29, 0.717) is 13.1 Å². The van der Waals surface area contributed by atoms with Crippen LogP contribution in [0.3, 0.4) is 0 Å². The summed E-state index contributed by atoms with van der Waals surface area (Å²) in [5.41, 5.74) is 7.28. The van der Waals surface area contributed by atoms with E-state index in [2.05, 4.69) is 35.4 Å². The van der Waals surface area contributed by atoms with Crippen LogP contribution in [-0.2, 0) is 4.74 Å². The molecule has 23 heavy (non-hydrogen) atoms. The Morgan fingerprint density at radius 2 is 1.87 bits per heavy atom. The highest BCUT2D eigenvalue weighted by molar-refractivity contribution is 5.82. The molecule has 0 unspecified atom stereocenters. The molecule has 0 bridgehead atoms. The molecule has 0 saturated carbocycles. The summed E-state index contributed by atoms with van der Waals surface area (Å²) in [6, 6.07) is 8.31. The van der Waals surface area contributed by atoms with Crippen molar-refractivity contribution in [2.75, 3.05) is 13.1 Å². The van der Waals surface area contributed by atoms with Gasteiger partial charge in [0.2, 0.25) is 0 Å². The zero-order valence-corrected chi connectivity index (χ0v) is 15.2. The summed E-state index contributed by atoms with van der Waals surface area (Å²) in [4.78, 5) is 14.0. The maximum absolute atomic E-state index is 10.8. The summed E-state index contributed by atoms with van der Waals surface area (Å²) >= 11 is 0. The fourth-order valence-electron chi connectivity index (χ4n) is 1.71. The lowest BCUT2D eigenvalue weighted by molar-refractivity contribution is 0.0529. The van der Waals surface area contributed by atoms with Crippen molar-refractivity contribution in [2.45, 2.75) is 47.1 Å². The molecule has 130 valence electrons. The number of alkyl carbamates (subject to hydrolysis) is 1. The number of carbonyl (C=O) groups excluding carboxylic acids is 1. The molecule has 0 fully saturated rings. The number of aromatic nitrogens is 1. The summed E-state index contributed by atoms with van der Waals surface area (Å²) in [6.07, 6.45) is 1.62. The van der Waals surface area contributed by atoms with Gasteiger partial charge in [-0.3, -0.25) is 0 Å². The van der Waals surface area contributed by atoms with Crippen molar-refractivity contribution in [1.82, 2.24) is 10.3 Å². The summed E-state index contributed by atoms with van der Waals surface area (Å²) in [6.45, 7) is 12.4. The van der Waals surface area contributed by atoms with Crippen molar-refractivity contribution >= 4 is 17.0 Å². The Balaban J connectivity index is 0.000000380. The minimum absolute atomic E-state index is 0.414. The van der Waals surface area contributed by atoms with E-state index in [0.717, 1.165) is 0 Å². The molecule has 5 nitrogen and oxygen atoms in total. The zero-order valence-electron chi connectivity index (χ0n) is 15.2. The molecule has 0 aliphatic rings. The number of ether oxygens (including phenoxy) is 1. The van der Waals surface area contributed by atoms with Gasteiger partial charge in [0.1, 0.15) is 5.60 Å². The molecule has 0 saturated heterocycles. The zero-order chi connectivity index (χ0) is 17.9. The van der Waals surface area contributed by atoms with Crippen LogP contribution in [0.2, 0.25) is 0 Å². The van der Waals surface area contributed by atoms with Gasteiger partial charge in [-0.1, -0.05) is 32.0 Å². The van der Waals surface area contributed by atoms with E-state index in [4.69, 9.17) is 10.5 Å². The molecule has 0 aliphatic carbocycles. The van der Waals surface area contributed by atoms with Gasteiger partial charge < -0.3 is 20.8 Å². The first-order chi connectivity index (χ1) is 10.8. The van der Waals surface area contributed by atoms with Gasteiger partial charge in [-0.2, -0.15) is 0 Å². The number of fused-ring (bicyclic) bond motifs is 1. The maximum Gasteiger partial charge on any atom is 0.407 e. The summed E-state index contributed by atoms with van der Waals surface area (Å²) < 4.78 is 4.93. The topological polar surface area (TPSA) is 80.1 Å². The molecule has 5 heteroatoms. The molecule has 1 heterocycles. The largest absolute Gasteiger partial charge is 0.444 e. The third-order valence-corrected chi connectivity index (χ3v) is 2.61. The number of H-pyrrole nitrogens is 1. The standard InChI is InChI=1S/C9H9N.C7H16N2O2.C2H6/c1-7-6-10-9-5-3-2-4-8(7)9;1-7(2,3)11-6(10)9-5-4-8;1-2/h2-6,10H,1H3;4-5,8H2,1-3H3,(H,9,10);1-2H3. The van der Waals surface area contributed by atoms with E-state index < -0.39 is 11.7 Å². The number of nitrogens with one attached hydrogen (secondary N) is 2. The van der Waals surface area contributed by atoms with E-state index in [1.165, 1.54) is 16.5 Å². The first-order valence-corrected chi connectivity index (χ1v) is 8.03. The highest BCUT2D eigenvalue weighted by atomic mass is 16.6. The second kappa shape index (κ2) is 10.7. The molecular formula is C18H31N3O2. The lowest BCUT2D eigenvalue weighted by atomic mass is 10.2. The molecule has 1 aromatic carbocycles. The predicted molar refractivity (Wildman–Crippen MR) is 97.7 cm³/mol. The monoisotopic (exact) mass is 321 g/mol. The van der Waals surface area contributed by atoms with Crippen molar-refractivity contribution in [1.29, 1.82) is 0 Å². The molecule has 0 radical (unpaired) electrons. The minimum Gasteiger partial charge on any atom is -0.444 e. The van der Waals surface area contributed by atoms with E-state index in [9.17, 15) is 4.79 Å². The van der Waals surface area contributed by atoms with Crippen LogP contribution in [0.4, 0.5) is 4.79 Å². The average molecular weight is 321 g/mol. The summed E-state index contributed by atoms with van der Waals surface area (Å²) in [7, 11) is 0. The molecule has 0 aliphatic heterocycles. The smallest absolute Gasteiger partial charge is 0.407 e. The number of benzene rings is 1. The number of hydrogen-bond donors (Lipinski definition) is 3. The van der Waals surface area contributed by atoms with Crippen LogP contribution < -0.4 is 11.1 Å². The Bertz CT molecular complexity index is 571. The quantitative estimate of drug-likeness (QED) is 0.783.